The molecular weight excluding hydrogens is 472 g/mol. The van der Waals surface area contributed by atoms with E-state index < -0.39 is 5.97 Å². The van der Waals surface area contributed by atoms with Gasteiger partial charge in [0.25, 0.3) is 0 Å². The van der Waals surface area contributed by atoms with E-state index in [9.17, 15) is 9.59 Å². The van der Waals surface area contributed by atoms with Gasteiger partial charge in [-0.25, -0.2) is 4.79 Å². The second kappa shape index (κ2) is 11.3. The molecule has 11 heteroatoms. The minimum atomic E-state index is -0.474. The Kier molecular flexibility index (Phi) is 8.54. The monoisotopic (exact) mass is 494 g/mol. The van der Waals surface area contributed by atoms with Gasteiger partial charge in [-0.1, -0.05) is 42.4 Å². The van der Waals surface area contributed by atoms with Gasteiger partial charge in [0.15, 0.2) is 11.0 Å². The normalized spacial score (nSPS) is 10.8. The van der Waals surface area contributed by atoms with Crippen LogP contribution >= 0.6 is 34.7 Å². The zero-order chi connectivity index (χ0) is 23.1. The molecule has 170 valence electrons. The van der Waals surface area contributed by atoms with Crippen LogP contribution in [-0.4, -0.2) is 39.5 Å². The lowest BCUT2D eigenvalue weighted by atomic mass is 10.2. The summed E-state index contributed by atoms with van der Waals surface area (Å²) < 4.78 is 12.5. The molecule has 0 aliphatic carbocycles. The molecule has 1 amide bonds. The summed E-state index contributed by atoms with van der Waals surface area (Å²) in [5.74, 6) is 0.594. The number of hydrogen-bond acceptors (Lipinski definition) is 8. The average molecular weight is 495 g/mol. The molecule has 0 saturated carbocycles. The Morgan fingerprint density at radius 2 is 2.03 bits per heavy atom. The SMILES string of the molecule is CCc1cc(C(=O)OC)c(NC(=O)CSc2nnc(COc3ccccc3Cl)n2CC)s1. The molecule has 0 aliphatic rings. The first kappa shape index (κ1) is 24.1. The second-order valence-corrected chi connectivity index (χ2v) is 8.99. The number of halogens is 1. The molecule has 0 fully saturated rings. The van der Waals surface area contributed by atoms with E-state index in [2.05, 4.69) is 15.5 Å². The van der Waals surface area contributed by atoms with E-state index in [1.165, 1.54) is 30.2 Å². The number of para-hydroxylation sites is 1. The molecule has 0 saturated heterocycles. The largest absolute Gasteiger partial charge is 0.484 e. The lowest BCUT2D eigenvalue weighted by molar-refractivity contribution is -0.113. The molecule has 0 unspecified atom stereocenters. The molecule has 0 radical (unpaired) electrons. The highest BCUT2D eigenvalue weighted by Crippen LogP contribution is 2.30. The van der Waals surface area contributed by atoms with Gasteiger partial charge in [0, 0.05) is 11.4 Å². The van der Waals surface area contributed by atoms with Crippen molar-refractivity contribution in [1.82, 2.24) is 14.8 Å². The van der Waals surface area contributed by atoms with E-state index in [-0.39, 0.29) is 18.3 Å². The van der Waals surface area contributed by atoms with Crippen LogP contribution in [-0.2, 0) is 29.1 Å². The maximum Gasteiger partial charge on any atom is 0.340 e. The van der Waals surface area contributed by atoms with Crippen LogP contribution in [0.5, 0.6) is 5.75 Å². The van der Waals surface area contributed by atoms with Crippen molar-refractivity contribution in [3.05, 3.63) is 51.6 Å². The van der Waals surface area contributed by atoms with E-state index in [1.807, 2.05) is 30.5 Å². The summed E-state index contributed by atoms with van der Waals surface area (Å²) in [5, 5.41) is 12.8. The minimum absolute atomic E-state index is 0.115. The van der Waals surface area contributed by atoms with Gasteiger partial charge in [-0.05, 0) is 31.5 Å². The van der Waals surface area contributed by atoms with Crippen molar-refractivity contribution in [2.24, 2.45) is 0 Å². The highest BCUT2D eigenvalue weighted by Gasteiger charge is 2.19. The highest BCUT2D eigenvalue weighted by molar-refractivity contribution is 7.99. The average Bonchev–Trinajstić information content (AvgIpc) is 3.39. The summed E-state index contributed by atoms with van der Waals surface area (Å²) in [7, 11) is 1.32. The number of nitrogens with zero attached hydrogens (tertiary/aromatic N) is 3. The summed E-state index contributed by atoms with van der Waals surface area (Å²) in [6.07, 6.45) is 0.762. The van der Waals surface area contributed by atoms with Crippen LogP contribution < -0.4 is 10.1 Å². The van der Waals surface area contributed by atoms with E-state index in [0.29, 0.717) is 38.9 Å². The molecular formula is C21H23ClN4O4S2. The maximum absolute atomic E-state index is 12.5. The molecule has 3 rings (SSSR count). The fourth-order valence-corrected chi connectivity index (χ4v) is 4.83. The van der Waals surface area contributed by atoms with Crippen molar-refractivity contribution < 1.29 is 19.1 Å². The molecule has 2 heterocycles. The summed E-state index contributed by atoms with van der Waals surface area (Å²) in [6, 6.07) is 8.96. The lowest BCUT2D eigenvalue weighted by Crippen LogP contribution is -2.16. The van der Waals surface area contributed by atoms with Crippen LogP contribution in [0, 0.1) is 0 Å². The number of thioether (sulfide) groups is 1. The summed E-state index contributed by atoms with van der Waals surface area (Å²) in [4.78, 5) is 25.5. The van der Waals surface area contributed by atoms with Gasteiger partial charge in [0.2, 0.25) is 5.91 Å². The zero-order valence-corrected chi connectivity index (χ0v) is 20.3. The van der Waals surface area contributed by atoms with Gasteiger partial charge in [-0.3, -0.25) is 4.79 Å². The molecule has 3 aromatic rings. The van der Waals surface area contributed by atoms with E-state index in [1.54, 1.807) is 18.2 Å². The number of carbonyl (C=O) groups is 2. The molecule has 0 bridgehead atoms. The van der Waals surface area contributed by atoms with Crippen molar-refractivity contribution in [1.29, 1.82) is 0 Å². The number of aromatic nitrogens is 3. The number of hydrogen-bond donors (Lipinski definition) is 1. The third-order valence-electron chi connectivity index (χ3n) is 4.43. The smallest absolute Gasteiger partial charge is 0.340 e. The fraction of sp³-hybridized carbons (Fsp3) is 0.333. The molecule has 2 aromatic heterocycles. The number of ether oxygens (including phenoxy) is 2. The van der Waals surface area contributed by atoms with Crippen LogP contribution in [0.15, 0.2) is 35.5 Å². The van der Waals surface area contributed by atoms with Crippen molar-refractivity contribution in [2.75, 3.05) is 18.2 Å². The van der Waals surface area contributed by atoms with E-state index in [0.717, 1.165) is 11.3 Å². The van der Waals surface area contributed by atoms with Gasteiger partial charge in [0.05, 0.1) is 23.4 Å². The van der Waals surface area contributed by atoms with Crippen LogP contribution in [0.25, 0.3) is 0 Å². The fourth-order valence-electron chi connectivity index (χ4n) is 2.82. The molecule has 0 spiro atoms. The summed E-state index contributed by atoms with van der Waals surface area (Å²) >= 11 is 8.76. The number of benzene rings is 1. The zero-order valence-electron chi connectivity index (χ0n) is 17.9. The Labute approximate surface area is 199 Å². The van der Waals surface area contributed by atoms with E-state index in [4.69, 9.17) is 21.1 Å². The number of thiophene rings is 1. The number of amides is 1. The Morgan fingerprint density at radius 3 is 2.72 bits per heavy atom. The van der Waals surface area contributed by atoms with Crippen molar-refractivity contribution in [3.63, 3.8) is 0 Å². The Balaban J connectivity index is 1.62. The number of rotatable bonds is 10. The van der Waals surface area contributed by atoms with Gasteiger partial charge in [0.1, 0.15) is 17.4 Å². The Bertz CT molecular complexity index is 1100. The number of esters is 1. The quantitative estimate of drug-likeness (QED) is 0.323. The van der Waals surface area contributed by atoms with Crippen LogP contribution in [0.2, 0.25) is 5.02 Å². The maximum atomic E-state index is 12.5. The Hall–Kier alpha value is -2.56. The van der Waals surface area contributed by atoms with Crippen LogP contribution in [0.1, 0.15) is 34.9 Å². The van der Waals surface area contributed by atoms with Crippen molar-refractivity contribution in [2.45, 2.75) is 38.6 Å². The van der Waals surface area contributed by atoms with E-state index >= 15 is 0 Å². The molecule has 32 heavy (non-hydrogen) atoms. The van der Waals surface area contributed by atoms with Crippen molar-refractivity contribution in [3.8, 4) is 5.75 Å². The predicted molar refractivity (Wildman–Crippen MR) is 126 cm³/mol. The minimum Gasteiger partial charge on any atom is -0.484 e. The number of nitrogens with one attached hydrogen (secondary N) is 1. The molecule has 0 aliphatic heterocycles. The summed E-state index contributed by atoms with van der Waals surface area (Å²) in [5.41, 5.74) is 0.364. The number of methoxy groups -OCH3 is 1. The third kappa shape index (κ3) is 5.81. The molecule has 1 N–H and O–H groups in total. The van der Waals surface area contributed by atoms with Crippen LogP contribution in [0.3, 0.4) is 0 Å². The highest BCUT2D eigenvalue weighted by atomic mass is 35.5. The van der Waals surface area contributed by atoms with Gasteiger partial charge in [-0.15, -0.1) is 21.5 Å². The summed E-state index contributed by atoms with van der Waals surface area (Å²) in [6.45, 7) is 4.77. The van der Waals surface area contributed by atoms with Gasteiger partial charge in [-0.2, -0.15) is 0 Å². The standard InChI is InChI=1S/C21H23ClN4O4S2/c1-4-13-10-14(20(28)29-3)19(32-13)23-18(27)12-31-21-25-24-17(26(21)5-2)11-30-16-9-7-6-8-15(16)22/h6-10H,4-5,11-12H2,1-3H3,(H,23,27). The number of aryl methyl sites for hydroxylation is 1. The van der Waals surface area contributed by atoms with Crippen molar-refractivity contribution >= 4 is 51.6 Å². The predicted octanol–water partition coefficient (Wildman–Crippen LogP) is 4.67. The molecule has 8 nitrogen and oxygen atoms in total. The first-order valence-electron chi connectivity index (χ1n) is 9.89. The topological polar surface area (TPSA) is 95.3 Å². The lowest BCUT2D eigenvalue weighted by Gasteiger charge is -2.10. The third-order valence-corrected chi connectivity index (χ3v) is 6.90. The van der Waals surface area contributed by atoms with Gasteiger partial charge >= 0.3 is 5.97 Å². The molecule has 1 aromatic carbocycles. The number of anilines is 1. The Morgan fingerprint density at radius 1 is 1.25 bits per heavy atom. The van der Waals surface area contributed by atoms with Gasteiger partial charge < -0.3 is 19.4 Å². The first-order valence-corrected chi connectivity index (χ1v) is 12.1. The number of carbonyl (C=O) groups excluding carboxylic acids is 2. The van der Waals surface area contributed by atoms with Crippen LogP contribution in [0.4, 0.5) is 5.00 Å². The molecule has 0 atom stereocenters. The first-order chi connectivity index (χ1) is 15.5. The second-order valence-electron chi connectivity index (χ2n) is 6.50.